The van der Waals surface area contributed by atoms with E-state index in [9.17, 15) is 14.7 Å². The summed E-state index contributed by atoms with van der Waals surface area (Å²) >= 11 is 0. The second kappa shape index (κ2) is 6.51. The molecule has 28 heavy (non-hydrogen) atoms. The number of β-amino-alcohol motifs (C(OH)–C–C–N with tert-alkyl or cyclic N) is 1. The SMILES string of the molecule is O=C1C2CC(O)CN2C2(CN(Cc3ccoc3)C2)C(=O)N1Cc1cccnc1. The van der Waals surface area contributed by atoms with Crippen LogP contribution in [0.15, 0.2) is 47.5 Å². The number of carbonyl (C=O) groups excluding carboxylic acids is 2. The minimum absolute atomic E-state index is 0.171. The second-order valence-corrected chi connectivity index (χ2v) is 7.96. The monoisotopic (exact) mass is 382 g/mol. The van der Waals surface area contributed by atoms with Crippen molar-refractivity contribution in [3.8, 4) is 0 Å². The van der Waals surface area contributed by atoms with Crippen LogP contribution in [0.1, 0.15) is 17.5 Å². The van der Waals surface area contributed by atoms with E-state index in [4.69, 9.17) is 4.42 Å². The second-order valence-electron chi connectivity index (χ2n) is 7.96. The number of nitrogens with zero attached hydrogens (tertiary/aromatic N) is 4. The molecular weight excluding hydrogens is 360 g/mol. The van der Waals surface area contributed by atoms with Gasteiger partial charge in [-0.1, -0.05) is 6.07 Å². The Morgan fingerprint density at radius 2 is 2.07 bits per heavy atom. The van der Waals surface area contributed by atoms with Crippen LogP contribution >= 0.6 is 0 Å². The maximum absolute atomic E-state index is 13.5. The van der Waals surface area contributed by atoms with Crippen molar-refractivity contribution in [2.24, 2.45) is 0 Å². The number of likely N-dealkylation sites (tertiary alicyclic amines) is 1. The van der Waals surface area contributed by atoms with E-state index >= 15 is 0 Å². The van der Waals surface area contributed by atoms with Crippen LogP contribution in [0, 0.1) is 0 Å². The highest BCUT2D eigenvalue weighted by Gasteiger charge is 2.64. The lowest BCUT2D eigenvalue weighted by molar-refractivity contribution is -0.181. The van der Waals surface area contributed by atoms with E-state index in [0.29, 0.717) is 32.6 Å². The van der Waals surface area contributed by atoms with Gasteiger partial charge in [0, 0.05) is 44.1 Å². The average molecular weight is 382 g/mol. The number of amides is 2. The molecule has 3 fully saturated rings. The first-order chi connectivity index (χ1) is 13.6. The van der Waals surface area contributed by atoms with Crippen molar-refractivity contribution in [1.29, 1.82) is 0 Å². The Kier molecular flexibility index (Phi) is 4.08. The number of aliphatic hydroxyl groups is 1. The first kappa shape index (κ1) is 17.5. The minimum atomic E-state index is -0.748. The zero-order valence-corrected chi connectivity index (χ0v) is 15.4. The molecule has 0 bridgehead atoms. The van der Waals surface area contributed by atoms with Crippen molar-refractivity contribution >= 4 is 11.8 Å². The zero-order valence-electron chi connectivity index (χ0n) is 15.4. The molecule has 3 aliphatic heterocycles. The van der Waals surface area contributed by atoms with Gasteiger partial charge in [-0.25, -0.2) is 0 Å². The lowest BCUT2D eigenvalue weighted by Gasteiger charge is -2.58. The van der Waals surface area contributed by atoms with E-state index in [0.717, 1.165) is 11.1 Å². The largest absolute Gasteiger partial charge is 0.472 e. The van der Waals surface area contributed by atoms with Crippen molar-refractivity contribution in [2.75, 3.05) is 19.6 Å². The highest BCUT2D eigenvalue weighted by atomic mass is 16.3. The number of hydrogen-bond acceptors (Lipinski definition) is 7. The van der Waals surface area contributed by atoms with Gasteiger partial charge >= 0.3 is 0 Å². The number of furan rings is 1. The van der Waals surface area contributed by atoms with Crippen molar-refractivity contribution < 1.29 is 19.1 Å². The summed E-state index contributed by atoms with van der Waals surface area (Å²) in [7, 11) is 0. The van der Waals surface area contributed by atoms with Crippen LogP contribution in [0.2, 0.25) is 0 Å². The van der Waals surface area contributed by atoms with Crippen LogP contribution in [-0.2, 0) is 22.7 Å². The Balaban J connectivity index is 1.41. The topological polar surface area (TPSA) is 90.1 Å². The van der Waals surface area contributed by atoms with E-state index in [-0.39, 0.29) is 18.4 Å². The molecule has 0 radical (unpaired) electrons. The number of piperazine rings is 1. The van der Waals surface area contributed by atoms with E-state index in [1.807, 2.05) is 17.0 Å². The molecule has 3 saturated heterocycles. The quantitative estimate of drug-likeness (QED) is 0.757. The Bertz CT molecular complexity index is 879. The average Bonchev–Trinajstić information content (AvgIpc) is 3.31. The molecule has 0 aliphatic carbocycles. The Morgan fingerprint density at radius 1 is 1.21 bits per heavy atom. The van der Waals surface area contributed by atoms with Crippen LogP contribution in [0.5, 0.6) is 0 Å². The number of carbonyl (C=O) groups is 2. The van der Waals surface area contributed by atoms with Crippen LogP contribution in [-0.4, -0.2) is 73.9 Å². The maximum atomic E-state index is 13.5. The highest BCUT2D eigenvalue weighted by molar-refractivity contribution is 6.06. The summed E-state index contributed by atoms with van der Waals surface area (Å²) in [5.74, 6) is -0.389. The molecule has 1 spiro atoms. The van der Waals surface area contributed by atoms with Gasteiger partial charge in [0.25, 0.3) is 5.91 Å². The molecule has 5 heterocycles. The van der Waals surface area contributed by atoms with E-state index in [1.165, 1.54) is 4.90 Å². The van der Waals surface area contributed by atoms with Gasteiger partial charge in [0.05, 0.1) is 31.2 Å². The summed E-state index contributed by atoms with van der Waals surface area (Å²) in [5.41, 5.74) is 1.13. The summed E-state index contributed by atoms with van der Waals surface area (Å²) in [6.07, 6.45) is 6.47. The van der Waals surface area contributed by atoms with E-state index < -0.39 is 17.7 Å². The normalized spacial score (nSPS) is 27.2. The predicted octanol–water partition coefficient (Wildman–Crippen LogP) is 0.233. The number of aliphatic hydroxyl groups excluding tert-OH is 1. The molecule has 1 N–H and O–H groups in total. The molecule has 2 aromatic heterocycles. The summed E-state index contributed by atoms with van der Waals surface area (Å²) < 4.78 is 5.13. The molecule has 8 nitrogen and oxygen atoms in total. The number of rotatable bonds is 4. The third-order valence-electron chi connectivity index (χ3n) is 6.04. The van der Waals surface area contributed by atoms with Gasteiger partial charge in [-0.3, -0.25) is 29.3 Å². The number of aromatic nitrogens is 1. The fourth-order valence-electron chi connectivity index (χ4n) is 4.76. The number of fused-ring (bicyclic) bond motifs is 2. The van der Waals surface area contributed by atoms with Crippen molar-refractivity contribution in [3.05, 3.63) is 54.2 Å². The van der Waals surface area contributed by atoms with Crippen molar-refractivity contribution in [1.82, 2.24) is 19.7 Å². The molecule has 2 aromatic rings. The zero-order chi connectivity index (χ0) is 19.3. The van der Waals surface area contributed by atoms with Gasteiger partial charge in [-0.05, 0) is 24.1 Å². The summed E-state index contributed by atoms with van der Waals surface area (Å²) in [5, 5.41) is 10.2. The minimum Gasteiger partial charge on any atom is -0.472 e. The lowest BCUT2D eigenvalue weighted by Crippen LogP contribution is -2.81. The van der Waals surface area contributed by atoms with Crippen LogP contribution in [0.25, 0.3) is 0 Å². The molecular formula is C20H22N4O4. The fourth-order valence-corrected chi connectivity index (χ4v) is 4.76. The van der Waals surface area contributed by atoms with Gasteiger partial charge in [-0.2, -0.15) is 0 Å². The van der Waals surface area contributed by atoms with Crippen molar-refractivity contribution in [3.63, 3.8) is 0 Å². The highest BCUT2D eigenvalue weighted by Crippen LogP contribution is 2.41. The molecule has 146 valence electrons. The summed E-state index contributed by atoms with van der Waals surface area (Å²) in [6.45, 7) is 2.36. The fraction of sp³-hybridized carbons (Fsp3) is 0.450. The van der Waals surface area contributed by atoms with Crippen LogP contribution in [0.4, 0.5) is 0 Å². The number of imide groups is 1. The molecule has 0 saturated carbocycles. The smallest absolute Gasteiger partial charge is 0.252 e. The summed E-state index contributed by atoms with van der Waals surface area (Å²) in [6, 6.07) is 5.13. The Morgan fingerprint density at radius 3 is 2.79 bits per heavy atom. The molecule has 0 aromatic carbocycles. The van der Waals surface area contributed by atoms with E-state index in [2.05, 4.69) is 9.88 Å². The standard InChI is InChI=1S/C20H22N4O4/c25-16-6-17-18(26)23(9-14-2-1-4-21-7-14)19(27)20(24(17)10-16)12-22(13-20)8-15-3-5-28-11-15/h1-5,7,11,16-17,25H,6,8-10,12-13H2. The first-order valence-electron chi connectivity index (χ1n) is 9.50. The van der Waals surface area contributed by atoms with Gasteiger partial charge in [0.1, 0.15) is 5.54 Å². The summed E-state index contributed by atoms with van der Waals surface area (Å²) in [4.78, 5) is 36.1. The predicted molar refractivity (Wildman–Crippen MR) is 97.6 cm³/mol. The van der Waals surface area contributed by atoms with Crippen molar-refractivity contribution in [2.45, 2.75) is 37.2 Å². The molecule has 8 heteroatoms. The molecule has 3 aliphatic rings. The number of hydrogen-bond donors (Lipinski definition) is 1. The Hall–Kier alpha value is -2.55. The molecule has 2 amide bonds. The first-order valence-corrected chi connectivity index (χ1v) is 9.50. The molecule has 5 rings (SSSR count). The Labute approximate surface area is 162 Å². The molecule has 2 atom stereocenters. The maximum Gasteiger partial charge on any atom is 0.252 e. The number of pyridine rings is 1. The third kappa shape index (κ3) is 2.68. The van der Waals surface area contributed by atoms with E-state index in [1.54, 1.807) is 31.0 Å². The lowest BCUT2D eigenvalue weighted by atomic mass is 9.82. The third-order valence-corrected chi connectivity index (χ3v) is 6.04. The van der Waals surface area contributed by atoms with Gasteiger partial charge < -0.3 is 9.52 Å². The van der Waals surface area contributed by atoms with Gasteiger partial charge in [-0.15, -0.1) is 0 Å². The van der Waals surface area contributed by atoms with Gasteiger partial charge in [0.15, 0.2) is 0 Å². The van der Waals surface area contributed by atoms with Crippen LogP contribution < -0.4 is 0 Å². The molecule has 2 unspecified atom stereocenters. The van der Waals surface area contributed by atoms with Gasteiger partial charge in [0.2, 0.25) is 5.91 Å². The van der Waals surface area contributed by atoms with Crippen LogP contribution in [0.3, 0.4) is 0 Å².